The van der Waals surface area contributed by atoms with Crippen LogP contribution in [-0.4, -0.2) is 44.3 Å². The third-order valence-corrected chi connectivity index (χ3v) is 8.93. The molecule has 0 aliphatic carbocycles. The summed E-state index contributed by atoms with van der Waals surface area (Å²) >= 11 is 18.7. The molecule has 39 heavy (non-hydrogen) atoms. The van der Waals surface area contributed by atoms with E-state index in [1.165, 1.54) is 29.2 Å². The van der Waals surface area contributed by atoms with Crippen molar-refractivity contribution in [2.45, 2.75) is 44.7 Å². The molecule has 2 amide bonds. The van der Waals surface area contributed by atoms with Crippen molar-refractivity contribution in [3.63, 3.8) is 0 Å². The molecule has 0 aliphatic rings. The molecule has 0 heterocycles. The number of carbonyl (C=O) groups excluding carboxylic acids is 2. The highest BCUT2D eigenvalue weighted by Crippen LogP contribution is 2.35. The Bertz CT molecular complexity index is 1410. The molecule has 3 aromatic rings. The quantitative estimate of drug-likeness (QED) is 0.285. The molecule has 0 saturated heterocycles. The molecule has 0 bridgehead atoms. The number of sulfonamides is 1. The molecule has 0 spiro atoms. The zero-order valence-electron chi connectivity index (χ0n) is 21.8. The van der Waals surface area contributed by atoms with Crippen LogP contribution in [0.4, 0.5) is 5.69 Å². The van der Waals surface area contributed by atoms with Gasteiger partial charge in [-0.15, -0.1) is 0 Å². The Morgan fingerprint density at radius 1 is 0.923 bits per heavy atom. The summed E-state index contributed by atoms with van der Waals surface area (Å²) in [4.78, 5) is 28.3. The number of likely N-dealkylation sites (N-methyl/N-ethyl adjacent to an activating group) is 1. The van der Waals surface area contributed by atoms with E-state index in [9.17, 15) is 18.0 Å². The zero-order chi connectivity index (χ0) is 28.7. The van der Waals surface area contributed by atoms with E-state index in [1.807, 2.05) is 6.92 Å². The predicted molar refractivity (Wildman–Crippen MR) is 157 cm³/mol. The Morgan fingerprint density at radius 3 is 2.15 bits per heavy atom. The van der Waals surface area contributed by atoms with Gasteiger partial charge >= 0.3 is 0 Å². The molecule has 7 nitrogen and oxygen atoms in total. The minimum atomic E-state index is -4.26. The normalized spacial score (nSPS) is 12.1. The molecule has 208 valence electrons. The summed E-state index contributed by atoms with van der Waals surface area (Å²) in [6.07, 6.45) is 0.313. The second kappa shape index (κ2) is 13.5. The fraction of sp³-hybridized carbons (Fsp3) is 0.286. The van der Waals surface area contributed by atoms with Crippen molar-refractivity contribution >= 4 is 62.3 Å². The lowest BCUT2D eigenvalue weighted by Gasteiger charge is -2.33. The van der Waals surface area contributed by atoms with Crippen LogP contribution in [0.15, 0.2) is 71.6 Å². The summed E-state index contributed by atoms with van der Waals surface area (Å²) in [7, 11) is -4.26. The van der Waals surface area contributed by atoms with E-state index in [0.29, 0.717) is 18.0 Å². The summed E-state index contributed by atoms with van der Waals surface area (Å²) in [6.45, 7) is 5.24. The van der Waals surface area contributed by atoms with Crippen LogP contribution in [-0.2, 0) is 26.2 Å². The van der Waals surface area contributed by atoms with Crippen molar-refractivity contribution in [2.75, 3.05) is 17.4 Å². The summed E-state index contributed by atoms with van der Waals surface area (Å²) in [5.41, 5.74) is 1.65. The molecule has 0 aliphatic heterocycles. The lowest BCUT2D eigenvalue weighted by atomic mass is 10.1. The highest BCUT2D eigenvalue weighted by Gasteiger charge is 2.34. The van der Waals surface area contributed by atoms with Gasteiger partial charge in [0.2, 0.25) is 11.8 Å². The number of benzene rings is 3. The van der Waals surface area contributed by atoms with Gasteiger partial charge in [-0.2, -0.15) is 0 Å². The fourth-order valence-corrected chi connectivity index (χ4v) is 6.03. The van der Waals surface area contributed by atoms with Crippen LogP contribution < -0.4 is 9.62 Å². The van der Waals surface area contributed by atoms with Gasteiger partial charge in [0.05, 0.1) is 20.6 Å². The summed E-state index contributed by atoms with van der Waals surface area (Å²) in [6, 6.07) is 16.9. The van der Waals surface area contributed by atoms with Crippen molar-refractivity contribution in [1.82, 2.24) is 10.2 Å². The van der Waals surface area contributed by atoms with Gasteiger partial charge in [-0.3, -0.25) is 13.9 Å². The Kier molecular flexibility index (Phi) is 10.7. The van der Waals surface area contributed by atoms with Gasteiger partial charge in [-0.25, -0.2) is 8.42 Å². The maximum Gasteiger partial charge on any atom is 0.264 e. The van der Waals surface area contributed by atoms with Gasteiger partial charge in [0.25, 0.3) is 10.0 Å². The van der Waals surface area contributed by atoms with E-state index >= 15 is 0 Å². The number of carbonyl (C=O) groups is 2. The Morgan fingerprint density at radius 2 is 1.56 bits per heavy atom. The zero-order valence-corrected chi connectivity index (χ0v) is 24.9. The standard InChI is InChI=1S/C28H30Cl3N3O4S/c1-4-24(28(36)32-5-2)33(17-20-11-13-21(29)14-12-20)26(35)18-34(25-8-6-7-23(30)27(25)31)39(37,38)22-15-9-19(3)10-16-22/h6-16,24H,4-5,17-18H2,1-3H3,(H,32,36)/t24-/m1/s1. The van der Waals surface area contributed by atoms with Crippen molar-refractivity contribution in [3.8, 4) is 0 Å². The van der Waals surface area contributed by atoms with E-state index in [-0.39, 0.29) is 33.1 Å². The monoisotopic (exact) mass is 609 g/mol. The van der Waals surface area contributed by atoms with Crippen molar-refractivity contribution in [2.24, 2.45) is 0 Å². The van der Waals surface area contributed by atoms with E-state index in [1.54, 1.807) is 56.3 Å². The van der Waals surface area contributed by atoms with Gasteiger partial charge in [-0.05, 0) is 62.2 Å². The maximum atomic E-state index is 14.0. The second-order valence-electron chi connectivity index (χ2n) is 8.86. The van der Waals surface area contributed by atoms with Crippen LogP contribution in [0.1, 0.15) is 31.4 Å². The largest absolute Gasteiger partial charge is 0.355 e. The van der Waals surface area contributed by atoms with Crippen molar-refractivity contribution in [1.29, 1.82) is 0 Å². The number of anilines is 1. The molecule has 3 aromatic carbocycles. The number of halogens is 3. The fourth-order valence-electron chi connectivity index (χ4n) is 4.03. The molecule has 1 atom stereocenters. The number of amides is 2. The van der Waals surface area contributed by atoms with Crippen LogP contribution in [0.3, 0.4) is 0 Å². The molecule has 0 radical (unpaired) electrons. The number of aryl methyl sites for hydroxylation is 1. The molecular formula is C28H30Cl3N3O4S. The Labute approximate surface area is 244 Å². The lowest BCUT2D eigenvalue weighted by molar-refractivity contribution is -0.140. The van der Waals surface area contributed by atoms with Crippen molar-refractivity contribution in [3.05, 3.63) is 92.9 Å². The number of hydrogen-bond acceptors (Lipinski definition) is 4. The molecule has 3 rings (SSSR count). The molecule has 0 fully saturated rings. The molecule has 0 aromatic heterocycles. The molecule has 0 unspecified atom stereocenters. The van der Waals surface area contributed by atoms with Crippen molar-refractivity contribution < 1.29 is 18.0 Å². The topological polar surface area (TPSA) is 86.8 Å². The average Bonchev–Trinajstić information content (AvgIpc) is 2.90. The lowest BCUT2D eigenvalue weighted by Crippen LogP contribution is -2.52. The molecule has 11 heteroatoms. The highest BCUT2D eigenvalue weighted by atomic mass is 35.5. The Balaban J connectivity index is 2.10. The minimum Gasteiger partial charge on any atom is -0.355 e. The summed E-state index contributed by atoms with van der Waals surface area (Å²) in [5.74, 6) is -0.925. The summed E-state index contributed by atoms with van der Waals surface area (Å²) < 4.78 is 28.7. The number of nitrogens with zero attached hydrogens (tertiary/aromatic N) is 2. The van der Waals surface area contributed by atoms with Gasteiger partial charge in [-0.1, -0.05) is 77.6 Å². The summed E-state index contributed by atoms with van der Waals surface area (Å²) in [5, 5.41) is 3.42. The average molecular weight is 611 g/mol. The number of nitrogens with one attached hydrogen (secondary N) is 1. The first-order chi connectivity index (χ1) is 18.5. The van der Waals surface area contributed by atoms with E-state index in [0.717, 1.165) is 15.4 Å². The molecular weight excluding hydrogens is 581 g/mol. The van der Waals surface area contributed by atoms with Crippen LogP contribution in [0.25, 0.3) is 0 Å². The van der Waals surface area contributed by atoms with Gasteiger partial charge < -0.3 is 10.2 Å². The molecule has 0 saturated carbocycles. The first-order valence-electron chi connectivity index (χ1n) is 12.3. The molecule has 1 N–H and O–H groups in total. The first-order valence-corrected chi connectivity index (χ1v) is 14.9. The third-order valence-electron chi connectivity index (χ3n) is 6.09. The Hall–Kier alpha value is -2.78. The van der Waals surface area contributed by atoms with Crippen LogP contribution >= 0.6 is 34.8 Å². The minimum absolute atomic E-state index is 0.0114. The maximum absolute atomic E-state index is 14.0. The van der Waals surface area contributed by atoms with E-state index in [4.69, 9.17) is 34.8 Å². The van der Waals surface area contributed by atoms with E-state index in [2.05, 4.69) is 5.32 Å². The van der Waals surface area contributed by atoms with Gasteiger partial charge in [0.15, 0.2) is 0 Å². The van der Waals surface area contributed by atoms with Crippen LogP contribution in [0, 0.1) is 6.92 Å². The van der Waals surface area contributed by atoms with Gasteiger partial charge in [0.1, 0.15) is 12.6 Å². The SMILES string of the molecule is CCNC(=O)[C@@H](CC)N(Cc1ccc(Cl)cc1)C(=O)CN(c1cccc(Cl)c1Cl)S(=O)(=O)c1ccc(C)cc1. The van der Waals surface area contributed by atoms with E-state index < -0.39 is 28.5 Å². The predicted octanol–water partition coefficient (Wildman–Crippen LogP) is 6.09. The smallest absolute Gasteiger partial charge is 0.264 e. The first kappa shape index (κ1) is 30.8. The number of hydrogen-bond donors (Lipinski definition) is 1. The van der Waals surface area contributed by atoms with Crippen LogP contribution in [0.5, 0.6) is 0 Å². The highest BCUT2D eigenvalue weighted by molar-refractivity contribution is 7.92. The van der Waals surface area contributed by atoms with Crippen LogP contribution in [0.2, 0.25) is 15.1 Å². The third kappa shape index (κ3) is 7.45. The van der Waals surface area contributed by atoms with Gasteiger partial charge in [0, 0.05) is 18.1 Å². The number of rotatable bonds is 11. The second-order valence-corrected chi connectivity index (χ2v) is 11.9.